The molecule has 1 atom stereocenters. The Kier molecular flexibility index (Phi) is 2.32. The van der Waals surface area contributed by atoms with Crippen LogP contribution in [-0.4, -0.2) is 18.6 Å². The van der Waals surface area contributed by atoms with E-state index in [4.69, 9.17) is 15.2 Å². The van der Waals surface area contributed by atoms with Crippen molar-refractivity contribution < 1.29 is 18.7 Å². The van der Waals surface area contributed by atoms with E-state index in [1.54, 1.807) is 0 Å². The maximum Gasteiger partial charge on any atom is 0.231 e. The van der Waals surface area contributed by atoms with E-state index in [9.17, 15) is 9.18 Å². The third kappa shape index (κ3) is 1.55. The van der Waals surface area contributed by atoms with Crippen LogP contribution < -0.4 is 15.2 Å². The summed E-state index contributed by atoms with van der Waals surface area (Å²) in [5, 5.41) is 0. The highest BCUT2D eigenvalue weighted by atomic mass is 19.1. The molecular weight excluding hydrogens is 201 g/mol. The maximum atomic E-state index is 13.4. The lowest BCUT2D eigenvalue weighted by Crippen LogP contribution is -2.27. The largest absolute Gasteiger partial charge is 0.454 e. The summed E-state index contributed by atoms with van der Waals surface area (Å²) in [5.41, 5.74) is 5.29. The number of hydrogen-bond acceptors (Lipinski definition) is 4. The zero-order valence-corrected chi connectivity index (χ0v) is 8.12. The Morgan fingerprint density at radius 3 is 2.93 bits per heavy atom. The summed E-state index contributed by atoms with van der Waals surface area (Å²) < 4.78 is 23.5. The molecule has 0 radical (unpaired) electrons. The standard InChI is InChI=1S/C10H10FNO3/c1-5(12)9(13)8-6(11)2-3-7-10(8)15-4-14-7/h2-3,5H,4,12H2,1H3. The minimum absolute atomic E-state index is 0.00197. The SMILES string of the molecule is CC(N)C(=O)c1c(F)ccc2c1OCO2. The number of fused-ring (bicyclic) bond motifs is 1. The number of halogens is 1. The lowest BCUT2D eigenvalue weighted by atomic mass is 10.0. The van der Waals surface area contributed by atoms with E-state index in [-0.39, 0.29) is 18.1 Å². The van der Waals surface area contributed by atoms with Gasteiger partial charge in [0.2, 0.25) is 6.79 Å². The summed E-state index contributed by atoms with van der Waals surface area (Å²) in [6.07, 6.45) is 0. The molecule has 15 heavy (non-hydrogen) atoms. The van der Waals surface area contributed by atoms with E-state index in [2.05, 4.69) is 0 Å². The van der Waals surface area contributed by atoms with Gasteiger partial charge in [0, 0.05) is 0 Å². The summed E-state index contributed by atoms with van der Waals surface area (Å²) in [5.74, 6) is -0.603. The molecule has 5 heteroatoms. The van der Waals surface area contributed by atoms with Crippen LogP contribution in [0.5, 0.6) is 11.5 Å². The molecular formula is C10H10FNO3. The Bertz CT molecular complexity index is 417. The molecule has 0 amide bonds. The van der Waals surface area contributed by atoms with E-state index in [0.717, 1.165) is 0 Å². The summed E-state index contributed by atoms with van der Waals surface area (Å²) in [6.45, 7) is 1.50. The third-order valence-corrected chi connectivity index (χ3v) is 2.15. The molecule has 1 unspecified atom stereocenters. The van der Waals surface area contributed by atoms with Crippen molar-refractivity contribution in [1.82, 2.24) is 0 Å². The number of ketones is 1. The second-order valence-corrected chi connectivity index (χ2v) is 3.31. The Balaban J connectivity index is 2.55. The fraction of sp³-hybridized carbons (Fsp3) is 0.300. The number of hydrogen-bond donors (Lipinski definition) is 1. The van der Waals surface area contributed by atoms with Gasteiger partial charge in [0.15, 0.2) is 17.3 Å². The van der Waals surface area contributed by atoms with Crippen molar-refractivity contribution in [2.75, 3.05) is 6.79 Å². The molecule has 0 saturated heterocycles. The van der Waals surface area contributed by atoms with E-state index in [0.29, 0.717) is 5.75 Å². The summed E-state index contributed by atoms with van der Waals surface area (Å²) in [6, 6.07) is 1.83. The van der Waals surface area contributed by atoms with Crippen LogP contribution in [-0.2, 0) is 0 Å². The van der Waals surface area contributed by atoms with Crippen molar-refractivity contribution in [3.63, 3.8) is 0 Å². The molecule has 0 spiro atoms. The summed E-state index contributed by atoms with van der Waals surface area (Å²) in [7, 11) is 0. The number of benzene rings is 1. The van der Waals surface area contributed by atoms with Gasteiger partial charge >= 0.3 is 0 Å². The average molecular weight is 211 g/mol. The van der Waals surface area contributed by atoms with Crippen LogP contribution in [0.25, 0.3) is 0 Å². The first-order valence-corrected chi connectivity index (χ1v) is 4.49. The number of Topliss-reactive ketones (excluding diaryl/α,β-unsaturated/α-hetero) is 1. The highest BCUT2D eigenvalue weighted by Crippen LogP contribution is 2.37. The zero-order chi connectivity index (χ0) is 11.0. The monoisotopic (exact) mass is 211 g/mol. The van der Waals surface area contributed by atoms with Gasteiger partial charge in [-0.3, -0.25) is 4.79 Å². The van der Waals surface area contributed by atoms with E-state index in [1.807, 2.05) is 0 Å². The smallest absolute Gasteiger partial charge is 0.231 e. The lowest BCUT2D eigenvalue weighted by molar-refractivity contribution is 0.0959. The number of carbonyl (C=O) groups is 1. The molecule has 0 fully saturated rings. The van der Waals surface area contributed by atoms with Crippen molar-refractivity contribution in [3.8, 4) is 11.5 Å². The predicted molar refractivity (Wildman–Crippen MR) is 50.5 cm³/mol. The Hall–Kier alpha value is -1.62. The molecule has 80 valence electrons. The van der Waals surface area contributed by atoms with Crippen LogP contribution in [0.1, 0.15) is 17.3 Å². The zero-order valence-electron chi connectivity index (χ0n) is 8.12. The molecule has 4 nitrogen and oxygen atoms in total. The fourth-order valence-corrected chi connectivity index (χ4v) is 1.41. The quantitative estimate of drug-likeness (QED) is 0.743. The first-order valence-electron chi connectivity index (χ1n) is 4.49. The fourth-order valence-electron chi connectivity index (χ4n) is 1.41. The molecule has 0 bridgehead atoms. The van der Waals surface area contributed by atoms with Crippen molar-refractivity contribution in [2.45, 2.75) is 13.0 Å². The van der Waals surface area contributed by atoms with Crippen LogP contribution in [0.3, 0.4) is 0 Å². The molecule has 1 aromatic carbocycles. The van der Waals surface area contributed by atoms with Gasteiger partial charge in [0.25, 0.3) is 0 Å². The third-order valence-electron chi connectivity index (χ3n) is 2.15. The van der Waals surface area contributed by atoms with Crippen molar-refractivity contribution >= 4 is 5.78 Å². The van der Waals surface area contributed by atoms with Crippen LogP contribution in [0.4, 0.5) is 4.39 Å². The molecule has 1 aromatic rings. The summed E-state index contributed by atoms with van der Waals surface area (Å²) in [4.78, 5) is 11.6. The molecule has 0 aliphatic carbocycles. The molecule has 2 N–H and O–H groups in total. The van der Waals surface area contributed by atoms with Crippen molar-refractivity contribution in [2.24, 2.45) is 5.73 Å². The maximum absolute atomic E-state index is 13.4. The highest BCUT2D eigenvalue weighted by Gasteiger charge is 2.27. The molecule has 1 aliphatic rings. The molecule has 1 heterocycles. The molecule has 2 rings (SSSR count). The van der Waals surface area contributed by atoms with Gasteiger partial charge in [0.1, 0.15) is 11.4 Å². The Labute approximate surface area is 85.8 Å². The normalized spacial score (nSPS) is 15.1. The predicted octanol–water partition coefficient (Wildman–Crippen LogP) is 1.08. The topological polar surface area (TPSA) is 61.6 Å². The number of nitrogens with two attached hydrogens (primary N) is 1. The first kappa shape index (κ1) is 9.92. The van der Waals surface area contributed by atoms with E-state index >= 15 is 0 Å². The van der Waals surface area contributed by atoms with E-state index in [1.165, 1.54) is 19.1 Å². The number of carbonyl (C=O) groups excluding carboxylic acids is 1. The summed E-state index contributed by atoms with van der Waals surface area (Å²) >= 11 is 0. The van der Waals surface area contributed by atoms with Gasteiger partial charge in [-0.2, -0.15) is 0 Å². The lowest BCUT2D eigenvalue weighted by Gasteiger charge is -2.08. The van der Waals surface area contributed by atoms with Gasteiger partial charge in [0.05, 0.1) is 6.04 Å². The van der Waals surface area contributed by atoms with Gasteiger partial charge in [-0.25, -0.2) is 4.39 Å². The van der Waals surface area contributed by atoms with Gasteiger partial charge in [-0.05, 0) is 19.1 Å². The first-order chi connectivity index (χ1) is 7.11. The average Bonchev–Trinajstić information content (AvgIpc) is 2.64. The molecule has 0 saturated carbocycles. The second kappa shape index (κ2) is 3.51. The Morgan fingerprint density at radius 1 is 1.53 bits per heavy atom. The van der Waals surface area contributed by atoms with Crippen LogP contribution in [0.2, 0.25) is 0 Å². The molecule has 1 aliphatic heterocycles. The van der Waals surface area contributed by atoms with Gasteiger partial charge in [-0.1, -0.05) is 0 Å². The van der Waals surface area contributed by atoms with Crippen molar-refractivity contribution in [1.29, 1.82) is 0 Å². The minimum atomic E-state index is -0.768. The number of ether oxygens (including phenoxy) is 2. The van der Waals surface area contributed by atoms with Gasteiger partial charge < -0.3 is 15.2 Å². The van der Waals surface area contributed by atoms with Gasteiger partial charge in [-0.15, -0.1) is 0 Å². The Morgan fingerprint density at radius 2 is 2.27 bits per heavy atom. The van der Waals surface area contributed by atoms with Crippen molar-refractivity contribution in [3.05, 3.63) is 23.5 Å². The van der Waals surface area contributed by atoms with Crippen LogP contribution >= 0.6 is 0 Å². The molecule has 0 aromatic heterocycles. The van der Waals surface area contributed by atoms with Crippen LogP contribution in [0, 0.1) is 5.82 Å². The minimum Gasteiger partial charge on any atom is -0.454 e. The van der Waals surface area contributed by atoms with E-state index < -0.39 is 17.6 Å². The number of rotatable bonds is 2. The highest BCUT2D eigenvalue weighted by molar-refractivity contribution is 6.03. The second-order valence-electron chi connectivity index (χ2n) is 3.31. The van der Waals surface area contributed by atoms with Crippen LogP contribution in [0.15, 0.2) is 12.1 Å².